The van der Waals surface area contributed by atoms with Crippen molar-refractivity contribution in [2.75, 3.05) is 17.7 Å². The summed E-state index contributed by atoms with van der Waals surface area (Å²) < 4.78 is 6.47. The molecule has 4 aromatic rings. The molecule has 0 unspecified atom stereocenters. The Bertz CT molecular complexity index is 1170. The van der Waals surface area contributed by atoms with E-state index in [1.54, 1.807) is 0 Å². The summed E-state index contributed by atoms with van der Waals surface area (Å²) in [6, 6.07) is 15.6. The van der Waals surface area contributed by atoms with E-state index in [4.69, 9.17) is 4.74 Å². The topological polar surface area (TPSA) is 92.8 Å². The van der Waals surface area contributed by atoms with Crippen LogP contribution >= 0.6 is 23.1 Å². The molecule has 7 nitrogen and oxygen atoms in total. The first kappa shape index (κ1) is 20.1. The van der Waals surface area contributed by atoms with E-state index in [1.807, 2.05) is 67.6 Å². The molecule has 0 atom stereocenters. The van der Waals surface area contributed by atoms with Crippen LogP contribution in [0.3, 0.4) is 0 Å². The number of hydrogen-bond acceptors (Lipinski definition) is 7. The van der Waals surface area contributed by atoms with E-state index < -0.39 is 0 Å². The second-order valence-corrected chi connectivity index (χ2v) is 8.14. The Morgan fingerprint density at radius 1 is 1.20 bits per heavy atom. The Balaban J connectivity index is 1.31. The summed E-state index contributed by atoms with van der Waals surface area (Å²) in [5, 5.41) is 10.9. The van der Waals surface area contributed by atoms with Gasteiger partial charge in [-0.2, -0.15) is 0 Å². The van der Waals surface area contributed by atoms with Gasteiger partial charge in [-0.3, -0.25) is 9.89 Å². The summed E-state index contributed by atoms with van der Waals surface area (Å²) in [5.41, 5.74) is 1.90. The predicted molar refractivity (Wildman–Crippen MR) is 122 cm³/mol. The van der Waals surface area contributed by atoms with Crippen molar-refractivity contribution >= 4 is 56.5 Å². The van der Waals surface area contributed by atoms with Gasteiger partial charge in [0.15, 0.2) is 5.13 Å². The van der Waals surface area contributed by atoms with Gasteiger partial charge in [0.25, 0.3) is 0 Å². The van der Waals surface area contributed by atoms with Gasteiger partial charge < -0.3 is 10.1 Å². The average molecular weight is 438 g/mol. The molecule has 0 saturated heterocycles. The number of amides is 1. The molecule has 0 saturated carbocycles. The Morgan fingerprint density at radius 2 is 2.07 bits per heavy atom. The number of thiazole rings is 1. The van der Waals surface area contributed by atoms with Crippen LogP contribution in [0.1, 0.15) is 18.3 Å². The Hall–Kier alpha value is -3.17. The van der Waals surface area contributed by atoms with Gasteiger partial charge in [-0.1, -0.05) is 59.5 Å². The quantitative estimate of drug-likeness (QED) is 0.388. The largest absolute Gasteiger partial charge is 0.494 e. The van der Waals surface area contributed by atoms with Crippen LogP contribution in [-0.2, 0) is 4.79 Å². The molecule has 0 aliphatic rings. The average Bonchev–Trinajstić information content (AvgIpc) is 3.37. The molecule has 0 bridgehead atoms. The first-order valence-electron chi connectivity index (χ1n) is 9.31. The SMILES string of the molecule is CCOc1ccc2nc(NC(=O)CSc3n[nH]c(/C=C/c4ccccc4)n3)sc2c1. The van der Waals surface area contributed by atoms with Crippen molar-refractivity contribution < 1.29 is 9.53 Å². The third kappa shape index (κ3) is 5.25. The third-order valence-electron chi connectivity index (χ3n) is 3.97. The van der Waals surface area contributed by atoms with Gasteiger partial charge in [-0.15, -0.1) is 5.10 Å². The van der Waals surface area contributed by atoms with Crippen molar-refractivity contribution in [1.82, 2.24) is 20.2 Å². The number of aromatic amines is 1. The number of carbonyl (C=O) groups is 1. The number of carbonyl (C=O) groups excluding carboxylic acids is 1. The zero-order valence-corrected chi connectivity index (χ0v) is 17.8. The highest BCUT2D eigenvalue weighted by atomic mass is 32.2. The lowest BCUT2D eigenvalue weighted by molar-refractivity contribution is -0.113. The molecule has 0 aliphatic carbocycles. The van der Waals surface area contributed by atoms with E-state index in [9.17, 15) is 4.79 Å². The molecular formula is C21H19N5O2S2. The second-order valence-electron chi connectivity index (χ2n) is 6.17. The third-order valence-corrected chi connectivity index (χ3v) is 5.75. The molecule has 1 amide bonds. The summed E-state index contributed by atoms with van der Waals surface area (Å²) in [6.45, 7) is 2.55. The van der Waals surface area contributed by atoms with E-state index in [-0.39, 0.29) is 11.7 Å². The molecule has 30 heavy (non-hydrogen) atoms. The van der Waals surface area contributed by atoms with E-state index in [0.717, 1.165) is 21.5 Å². The monoisotopic (exact) mass is 437 g/mol. The second kappa shape index (κ2) is 9.55. The lowest BCUT2D eigenvalue weighted by Crippen LogP contribution is -2.13. The number of thioether (sulfide) groups is 1. The fraction of sp³-hybridized carbons (Fsp3) is 0.143. The molecule has 0 spiro atoms. The van der Waals surface area contributed by atoms with E-state index in [0.29, 0.717) is 22.7 Å². The number of nitrogens with zero attached hydrogens (tertiary/aromatic N) is 3. The number of rotatable bonds is 8. The van der Waals surface area contributed by atoms with Gasteiger partial charge in [0, 0.05) is 0 Å². The summed E-state index contributed by atoms with van der Waals surface area (Å²) in [6.07, 6.45) is 3.80. The molecule has 2 aromatic carbocycles. The molecule has 2 aromatic heterocycles. The molecular weight excluding hydrogens is 418 g/mol. The van der Waals surface area contributed by atoms with Gasteiger partial charge >= 0.3 is 0 Å². The Kier molecular flexibility index (Phi) is 6.41. The zero-order valence-electron chi connectivity index (χ0n) is 16.2. The van der Waals surface area contributed by atoms with Crippen molar-refractivity contribution in [3.63, 3.8) is 0 Å². The fourth-order valence-corrected chi connectivity index (χ4v) is 4.15. The number of nitrogens with one attached hydrogen (secondary N) is 2. The van der Waals surface area contributed by atoms with Crippen molar-refractivity contribution in [3.05, 3.63) is 59.9 Å². The maximum Gasteiger partial charge on any atom is 0.236 e. The summed E-state index contributed by atoms with van der Waals surface area (Å²) >= 11 is 2.68. The number of ether oxygens (including phenoxy) is 1. The maximum atomic E-state index is 12.3. The van der Waals surface area contributed by atoms with Gasteiger partial charge in [-0.25, -0.2) is 9.97 Å². The van der Waals surface area contributed by atoms with E-state index in [1.165, 1.54) is 23.1 Å². The maximum absolute atomic E-state index is 12.3. The summed E-state index contributed by atoms with van der Waals surface area (Å²) in [5.74, 6) is 1.47. The van der Waals surface area contributed by atoms with Crippen LogP contribution in [-0.4, -0.2) is 38.4 Å². The van der Waals surface area contributed by atoms with Gasteiger partial charge in [0.05, 0.1) is 22.6 Å². The van der Waals surface area contributed by atoms with Crippen LogP contribution in [0.15, 0.2) is 53.7 Å². The van der Waals surface area contributed by atoms with Crippen LogP contribution in [0.5, 0.6) is 5.75 Å². The minimum absolute atomic E-state index is 0.157. The Morgan fingerprint density at radius 3 is 2.90 bits per heavy atom. The molecule has 0 fully saturated rings. The van der Waals surface area contributed by atoms with Crippen LogP contribution < -0.4 is 10.1 Å². The van der Waals surface area contributed by atoms with Crippen LogP contribution in [0.25, 0.3) is 22.4 Å². The zero-order chi connectivity index (χ0) is 20.8. The van der Waals surface area contributed by atoms with Crippen LogP contribution in [0, 0.1) is 0 Å². The van der Waals surface area contributed by atoms with Crippen molar-refractivity contribution in [1.29, 1.82) is 0 Å². The standard InChI is InChI=1S/C21H19N5O2S2/c1-2-28-15-9-10-16-17(12-15)30-20(22-16)24-19(27)13-29-21-23-18(25-26-21)11-8-14-6-4-3-5-7-14/h3-12H,2,13H2,1H3,(H,22,24,27)(H,23,25,26)/b11-8+. The highest BCUT2D eigenvalue weighted by Crippen LogP contribution is 2.29. The molecule has 2 heterocycles. The minimum atomic E-state index is -0.157. The highest BCUT2D eigenvalue weighted by Gasteiger charge is 2.11. The normalized spacial score (nSPS) is 11.2. The van der Waals surface area contributed by atoms with Crippen LogP contribution in [0.4, 0.5) is 5.13 Å². The lowest BCUT2D eigenvalue weighted by atomic mass is 10.2. The molecule has 4 rings (SSSR count). The minimum Gasteiger partial charge on any atom is -0.494 e. The van der Waals surface area contributed by atoms with Crippen molar-refractivity contribution in [2.45, 2.75) is 12.1 Å². The molecule has 152 valence electrons. The highest BCUT2D eigenvalue weighted by molar-refractivity contribution is 7.99. The first-order chi connectivity index (χ1) is 14.7. The number of H-pyrrole nitrogens is 1. The first-order valence-corrected chi connectivity index (χ1v) is 11.1. The van der Waals surface area contributed by atoms with Crippen molar-refractivity contribution in [2.24, 2.45) is 0 Å². The van der Waals surface area contributed by atoms with E-state index >= 15 is 0 Å². The fourth-order valence-electron chi connectivity index (χ4n) is 2.64. The van der Waals surface area contributed by atoms with Crippen molar-refractivity contribution in [3.8, 4) is 5.75 Å². The lowest BCUT2D eigenvalue weighted by Gasteiger charge is -2.00. The molecule has 0 aliphatic heterocycles. The molecule has 2 N–H and O–H groups in total. The molecule has 0 radical (unpaired) electrons. The smallest absolute Gasteiger partial charge is 0.236 e. The predicted octanol–water partition coefficient (Wildman–Crippen LogP) is 4.71. The number of aromatic nitrogens is 4. The van der Waals surface area contributed by atoms with Crippen LogP contribution in [0.2, 0.25) is 0 Å². The Labute approximate surface area is 181 Å². The van der Waals surface area contributed by atoms with Gasteiger partial charge in [0.2, 0.25) is 11.1 Å². The number of hydrogen-bond donors (Lipinski definition) is 2. The number of fused-ring (bicyclic) bond motifs is 1. The van der Waals surface area contributed by atoms with Gasteiger partial charge in [0.1, 0.15) is 11.6 Å². The summed E-state index contributed by atoms with van der Waals surface area (Å²) in [7, 11) is 0. The van der Waals surface area contributed by atoms with Gasteiger partial charge in [-0.05, 0) is 36.8 Å². The van der Waals surface area contributed by atoms with E-state index in [2.05, 4.69) is 25.5 Å². The summed E-state index contributed by atoms with van der Waals surface area (Å²) in [4.78, 5) is 21.1. The number of benzene rings is 2. The number of anilines is 1. The molecule has 9 heteroatoms.